The second-order valence-corrected chi connectivity index (χ2v) is 10.8. The molecule has 0 bridgehead atoms. The van der Waals surface area contributed by atoms with Crippen molar-refractivity contribution in [3.63, 3.8) is 0 Å². The summed E-state index contributed by atoms with van der Waals surface area (Å²) in [5.41, 5.74) is 4.37. The number of ether oxygens (including phenoxy) is 3. The van der Waals surface area contributed by atoms with Gasteiger partial charge < -0.3 is 19.5 Å². The van der Waals surface area contributed by atoms with Crippen LogP contribution in [0.25, 0.3) is 10.9 Å². The minimum Gasteiger partial charge on any atom is -0.493 e. The van der Waals surface area contributed by atoms with Crippen molar-refractivity contribution < 1.29 is 27.4 Å². The van der Waals surface area contributed by atoms with Crippen molar-refractivity contribution in [2.24, 2.45) is 5.10 Å². The van der Waals surface area contributed by atoms with E-state index in [1.54, 1.807) is 27.4 Å². The molecule has 1 aliphatic rings. The van der Waals surface area contributed by atoms with Gasteiger partial charge in [0, 0.05) is 40.0 Å². The molecule has 5 aromatic rings. The van der Waals surface area contributed by atoms with Gasteiger partial charge in [-0.2, -0.15) is 18.3 Å². The summed E-state index contributed by atoms with van der Waals surface area (Å²) in [6.07, 6.45) is -2.40. The zero-order valence-corrected chi connectivity index (χ0v) is 25.3. The molecule has 2 heterocycles. The summed E-state index contributed by atoms with van der Waals surface area (Å²) in [4.78, 5) is 4.16. The molecule has 7 nitrogen and oxygen atoms in total. The van der Waals surface area contributed by atoms with E-state index in [4.69, 9.17) is 30.9 Å². The molecule has 45 heavy (non-hydrogen) atoms. The highest BCUT2D eigenvalue weighted by atomic mass is 35.5. The fraction of sp³-hybridized carbons (Fsp3) is 0.176. The summed E-state index contributed by atoms with van der Waals surface area (Å²) < 4.78 is 56.6. The van der Waals surface area contributed by atoms with E-state index in [2.05, 4.69) is 10.3 Å². The highest BCUT2D eigenvalue weighted by Crippen LogP contribution is 2.43. The maximum Gasteiger partial charge on any atom is 0.416 e. The molecule has 1 atom stereocenters. The quantitative estimate of drug-likeness (QED) is 0.184. The average molecular weight is 633 g/mol. The summed E-state index contributed by atoms with van der Waals surface area (Å²) in [5.74, 6) is 1.54. The number of nitrogens with zero attached hydrogens (tertiary/aromatic N) is 3. The zero-order chi connectivity index (χ0) is 31.7. The van der Waals surface area contributed by atoms with Crippen LogP contribution in [0.15, 0.2) is 96.2 Å². The Morgan fingerprint density at radius 3 is 2.27 bits per heavy atom. The first-order valence-electron chi connectivity index (χ1n) is 13.9. The molecule has 1 aliphatic heterocycles. The minimum atomic E-state index is -4.45. The number of hydrogen-bond donors (Lipinski definition) is 1. The predicted octanol–water partition coefficient (Wildman–Crippen LogP) is 9.03. The summed E-state index contributed by atoms with van der Waals surface area (Å²) in [6, 6.07) is 24.2. The van der Waals surface area contributed by atoms with Gasteiger partial charge in [0.25, 0.3) is 0 Å². The Labute approximate surface area is 262 Å². The van der Waals surface area contributed by atoms with Crippen LogP contribution in [0, 0.1) is 0 Å². The Morgan fingerprint density at radius 1 is 0.867 bits per heavy atom. The highest BCUT2D eigenvalue weighted by molar-refractivity contribution is 6.30. The molecule has 1 aromatic heterocycles. The number of fused-ring (bicyclic) bond motifs is 1. The van der Waals surface area contributed by atoms with Crippen LogP contribution < -0.4 is 24.5 Å². The molecule has 0 aliphatic carbocycles. The normalized spacial score (nSPS) is 14.8. The molecule has 0 fully saturated rings. The third kappa shape index (κ3) is 6.06. The lowest BCUT2D eigenvalue weighted by molar-refractivity contribution is -0.137. The maximum atomic E-state index is 13.3. The van der Waals surface area contributed by atoms with Crippen molar-refractivity contribution in [1.82, 2.24) is 4.98 Å². The maximum absolute atomic E-state index is 13.3. The van der Waals surface area contributed by atoms with Crippen LogP contribution >= 0.6 is 11.6 Å². The predicted molar refractivity (Wildman–Crippen MR) is 170 cm³/mol. The third-order valence-corrected chi connectivity index (χ3v) is 7.87. The zero-order valence-electron chi connectivity index (χ0n) is 24.5. The standard InChI is InChI=1S/C34H28ClF3N4O3/c1-43-31-16-21(17-32(44-2)33(31)45-3)28-19-30(42(41-28)25-10-8-23(35)9-11-25)20-5-4-6-24(15-20)40-27-13-14-39-29-18-22(34(36,37)38)7-12-26(27)29/h4-18,30H,19H2,1-3H3,(H,39,40). The van der Waals surface area contributed by atoms with Gasteiger partial charge >= 0.3 is 6.18 Å². The van der Waals surface area contributed by atoms with Gasteiger partial charge in [-0.15, -0.1) is 0 Å². The summed E-state index contributed by atoms with van der Waals surface area (Å²) in [6.45, 7) is 0. The van der Waals surface area contributed by atoms with Crippen molar-refractivity contribution in [1.29, 1.82) is 0 Å². The average Bonchev–Trinajstić information content (AvgIpc) is 3.49. The first-order chi connectivity index (χ1) is 21.7. The molecular weight excluding hydrogens is 605 g/mol. The van der Waals surface area contributed by atoms with E-state index in [-0.39, 0.29) is 11.6 Å². The van der Waals surface area contributed by atoms with Crippen LogP contribution in [-0.4, -0.2) is 32.0 Å². The van der Waals surface area contributed by atoms with Gasteiger partial charge in [-0.05, 0) is 72.3 Å². The van der Waals surface area contributed by atoms with Gasteiger partial charge in [-0.3, -0.25) is 9.99 Å². The number of hydrazone groups is 1. The molecule has 11 heteroatoms. The lowest BCUT2D eigenvalue weighted by Gasteiger charge is -2.24. The van der Waals surface area contributed by atoms with Crippen molar-refractivity contribution in [2.45, 2.75) is 18.6 Å². The van der Waals surface area contributed by atoms with E-state index in [9.17, 15) is 13.2 Å². The van der Waals surface area contributed by atoms with Gasteiger partial charge in [-0.25, -0.2) is 0 Å². The molecule has 0 amide bonds. The largest absolute Gasteiger partial charge is 0.493 e. The molecular formula is C34H28ClF3N4O3. The number of benzene rings is 4. The topological polar surface area (TPSA) is 68.2 Å². The molecule has 1 N–H and O–H groups in total. The molecule has 1 unspecified atom stereocenters. The first kappa shape index (κ1) is 30.1. The lowest BCUT2D eigenvalue weighted by atomic mass is 9.97. The number of nitrogens with one attached hydrogen (secondary N) is 1. The molecule has 230 valence electrons. The number of aromatic nitrogens is 1. The van der Waals surface area contributed by atoms with Crippen molar-refractivity contribution >= 4 is 45.3 Å². The molecule has 4 aromatic carbocycles. The van der Waals surface area contributed by atoms with E-state index in [0.29, 0.717) is 39.8 Å². The number of halogens is 4. The van der Waals surface area contributed by atoms with Gasteiger partial charge in [-0.1, -0.05) is 29.8 Å². The second-order valence-electron chi connectivity index (χ2n) is 10.3. The van der Waals surface area contributed by atoms with Crippen LogP contribution in [0.4, 0.5) is 30.2 Å². The number of methoxy groups -OCH3 is 3. The number of pyridine rings is 1. The Kier molecular flexibility index (Phi) is 8.16. The lowest BCUT2D eigenvalue weighted by Crippen LogP contribution is -2.18. The van der Waals surface area contributed by atoms with Crippen LogP contribution in [0.5, 0.6) is 17.2 Å². The molecule has 0 saturated carbocycles. The monoisotopic (exact) mass is 632 g/mol. The molecule has 6 rings (SSSR count). The fourth-order valence-corrected chi connectivity index (χ4v) is 5.56. The van der Waals surface area contributed by atoms with Gasteiger partial charge in [0.15, 0.2) is 11.5 Å². The number of anilines is 3. The molecule has 0 saturated heterocycles. The Morgan fingerprint density at radius 2 is 1.60 bits per heavy atom. The third-order valence-electron chi connectivity index (χ3n) is 7.62. The fourth-order valence-electron chi connectivity index (χ4n) is 5.44. The van der Waals surface area contributed by atoms with Gasteiger partial charge in [0.05, 0.1) is 49.9 Å². The van der Waals surface area contributed by atoms with Crippen molar-refractivity contribution in [3.8, 4) is 17.2 Å². The van der Waals surface area contributed by atoms with E-state index in [1.165, 1.54) is 12.3 Å². The van der Waals surface area contributed by atoms with Crippen LogP contribution in [0.2, 0.25) is 5.02 Å². The summed E-state index contributed by atoms with van der Waals surface area (Å²) >= 11 is 6.20. The number of rotatable bonds is 8. The minimum absolute atomic E-state index is 0.189. The Hall–Kier alpha value is -4.96. The van der Waals surface area contributed by atoms with Gasteiger partial charge in [0.2, 0.25) is 5.75 Å². The highest BCUT2D eigenvalue weighted by Gasteiger charge is 2.32. The van der Waals surface area contributed by atoms with Crippen LogP contribution in [0.1, 0.15) is 29.2 Å². The Bertz CT molecular complexity index is 1870. The second kappa shape index (κ2) is 12.2. The first-order valence-corrected chi connectivity index (χ1v) is 14.3. The van der Waals surface area contributed by atoms with E-state index < -0.39 is 11.7 Å². The summed E-state index contributed by atoms with van der Waals surface area (Å²) in [7, 11) is 4.70. The van der Waals surface area contributed by atoms with Crippen LogP contribution in [0.3, 0.4) is 0 Å². The van der Waals surface area contributed by atoms with E-state index in [0.717, 1.165) is 40.3 Å². The molecule has 0 radical (unpaired) electrons. The smallest absolute Gasteiger partial charge is 0.416 e. The van der Waals surface area contributed by atoms with E-state index >= 15 is 0 Å². The van der Waals surface area contributed by atoms with Crippen molar-refractivity contribution in [2.75, 3.05) is 31.7 Å². The number of alkyl halides is 3. The van der Waals surface area contributed by atoms with Crippen molar-refractivity contribution in [3.05, 3.63) is 113 Å². The van der Waals surface area contributed by atoms with Gasteiger partial charge in [0.1, 0.15) is 0 Å². The summed E-state index contributed by atoms with van der Waals surface area (Å²) in [5, 5.41) is 11.6. The molecule has 0 spiro atoms. The SMILES string of the molecule is COc1cc(C2=NN(c3ccc(Cl)cc3)C(c3cccc(Nc4ccnc5cc(C(F)(F)F)ccc45)c3)C2)cc(OC)c1OC. The Balaban J connectivity index is 1.36. The number of hydrogen-bond acceptors (Lipinski definition) is 7. The van der Waals surface area contributed by atoms with E-state index in [1.807, 2.05) is 65.7 Å². The van der Waals surface area contributed by atoms with Crippen LogP contribution in [-0.2, 0) is 6.18 Å².